The lowest BCUT2D eigenvalue weighted by Gasteiger charge is -2.12. The number of rotatable bonds is 6. The second-order valence-electron chi connectivity index (χ2n) is 5.85. The van der Waals surface area contributed by atoms with Crippen molar-refractivity contribution in [3.63, 3.8) is 0 Å². The molecule has 3 rings (SSSR count). The predicted molar refractivity (Wildman–Crippen MR) is 104 cm³/mol. The third-order valence-electron chi connectivity index (χ3n) is 3.90. The first-order chi connectivity index (χ1) is 13.4. The first-order valence-electron chi connectivity index (χ1n) is 8.47. The number of hydrogen-bond donors (Lipinski definition) is 0. The Labute approximate surface area is 164 Å². The molecule has 0 radical (unpaired) electrons. The average Bonchev–Trinajstić information content (AvgIpc) is 2.63. The van der Waals surface area contributed by atoms with Crippen LogP contribution in [0.25, 0.3) is 16.8 Å². The minimum atomic E-state index is -2.96. The summed E-state index contributed by atoms with van der Waals surface area (Å²) in [6, 6.07) is 11.1. The number of benzene rings is 1. The van der Waals surface area contributed by atoms with E-state index >= 15 is 0 Å². The summed E-state index contributed by atoms with van der Waals surface area (Å²) in [6.45, 7) is 0.868. The van der Waals surface area contributed by atoms with E-state index in [1.54, 1.807) is 31.2 Å². The molecular weight excluding hydrogens is 390 g/mol. The molecule has 0 aliphatic carbocycles. The van der Waals surface area contributed by atoms with Crippen LogP contribution in [0.1, 0.15) is 23.9 Å². The van der Waals surface area contributed by atoms with Crippen LogP contribution in [0.4, 0.5) is 8.78 Å². The predicted octanol–water partition coefficient (Wildman–Crippen LogP) is 4.74. The van der Waals surface area contributed by atoms with Crippen molar-refractivity contribution in [2.75, 3.05) is 6.61 Å². The van der Waals surface area contributed by atoms with Gasteiger partial charge in [-0.05, 0) is 49.8 Å². The molecule has 0 atom stereocenters. The van der Waals surface area contributed by atoms with Gasteiger partial charge in [0.05, 0.1) is 17.3 Å². The molecule has 3 aromatic rings. The summed E-state index contributed by atoms with van der Waals surface area (Å²) >= 11 is 6.36. The molecule has 0 N–H and O–H groups in total. The van der Waals surface area contributed by atoms with Crippen LogP contribution in [-0.2, 0) is 0 Å². The molecule has 0 bridgehead atoms. The summed E-state index contributed by atoms with van der Waals surface area (Å²) in [7, 11) is 0. The van der Waals surface area contributed by atoms with Gasteiger partial charge in [-0.15, -0.1) is 0 Å². The lowest BCUT2D eigenvalue weighted by atomic mass is 10.1. The Kier molecular flexibility index (Phi) is 5.94. The van der Waals surface area contributed by atoms with Gasteiger partial charge in [0.1, 0.15) is 5.65 Å². The van der Waals surface area contributed by atoms with Crippen molar-refractivity contribution in [2.45, 2.75) is 20.5 Å². The molecule has 0 aliphatic rings. The maximum atomic E-state index is 12.5. The van der Waals surface area contributed by atoms with Gasteiger partial charge in [-0.1, -0.05) is 23.7 Å². The van der Waals surface area contributed by atoms with Crippen molar-refractivity contribution in [1.29, 1.82) is 0 Å². The number of fused-ring (bicyclic) bond motifs is 1. The summed E-state index contributed by atoms with van der Waals surface area (Å²) in [5.41, 5.74) is 1.88. The van der Waals surface area contributed by atoms with E-state index in [-0.39, 0.29) is 28.7 Å². The summed E-state index contributed by atoms with van der Waals surface area (Å²) in [5.74, 6) is 0.103. The van der Waals surface area contributed by atoms with E-state index in [1.165, 1.54) is 22.6 Å². The number of aromatic nitrogens is 2. The Morgan fingerprint density at radius 3 is 2.75 bits per heavy atom. The van der Waals surface area contributed by atoms with E-state index in [0.29, 0.717) is 16.9 Å². The first-order valence-corrected chi connectivity index (χ1v) is 8.85. The van der Waals surface area contributed by atoms with E-state index in [0.717, 1.165) is 5.69 Å². The maximum absolute atomic E-state index is 12.5. The molecule has 2 heterocycles. The van der Waals surface area contributed by atoms with Crippen LogP contribution < -0.4 is 15.0 Å². The highest BCUT2D eigenvalue weighted by Gasteiger charge is 2.12. The Morgan fingerprint density at radius 1 is 1.25 bits per heavy atom. The number of aryl methyl sites for hydroxylation is 1. The zero-order chi connectivity index (χ0) is 20.3. The molecule has 0 amide bonds. The zero-order valence-corrected chi connectivity index (χ0v) is 15.9. The molecule has 146 valence electrons. The zero-order valence-electron chi connectivity index (χ0n) is 15.2. The topological polar surface area (TPSA) is 52.8 Å². The molecule has 2 aromatic heterocycles. The Balaban J connectivity index is 2.00. The van der Waals surface area contributed by atoms with Crippen LogP contribution in [-0.4, -0.2) is 22.6 Å². The molecule has 0 saturated carbocycles. The van der Waals surface area contributed by atoms with Crippen molar-refractivity contribution in [3.05, 3.63) is 69.8 Å². The summed E-state index contributed by atoms with van der Waals surface area (Å²) < 4.78 is 36.3. The molecule has 0 saturated heterocycles. The van der Waals surface area contributed by atoms with Crippen molar-refractivity contribution in [2.24, 2.45) is 0 Å². The highest BCUT2D eigenvalue weighted by atomic mass is 35.5. The van der Waals surface area contributed by atoms with Gasteiger partial charge >= 0.3 is 6.61 Å². The molecule has 0 aliphatic heterocycles. The fourth-order valence-corrected chi connectivity index (χ4v) is 2.96. The summed E-state index contributed by atoms with van der Waals surface area (Å²) in [4.78, 5) is 16.8. The van der Waals surface area contributed by atoms with Gasteiger partial charge in [0, 0.05) is 11.8 Å². The third-order valence-corrected chi connectivity index (χ3v) is 4.20. The van der Waals surface area contributed by atoms with Crippen molar-refractivity contribution < 1.29 is 18.3 Å². The van der Waals surface area contributed by atoms with Crippen LogP contribution in [0.5, 0.6) is 11.5 Å². The number of nitrogens with zero attached hydrogens (tertiary/aromatic N) is 2. The number of halogens is 3. The largest absolute Gasteiger partial charge is 0.490 e. The molecule has 0 fully saturated rings. The Hall–Kier alpha value is -2.93. The van der Waals surface area contributed by atoms with Crippen LogP contribution in [0.2, 0.25) is 0 Å². The van der Waals surface area contributed by atoms with E-state index in [2.05, 4.69) is 9.72 Å². The quantitative estimate of drug-likeness (QED) is 0.593. The van der Waals surface area contributed by atoms with Crippen LogP contribution in [0.15, 0.2) is 47.3 Å². The molecule has 8 heteroatoms. The SMILES string of the molecule is CCOc1cc(/C=C(\Cl)c2cc(=O)n3c(C)cccc3n2)ccc1OC(F)F. The van der Waals surface area contributed by atoms with Gasteiger partial charge in [0.25, 0.3) is 5.56 Å². The standard InChI is InChI=1S/C20H17ClF2N2O3/c1-3-27-17-10-13(7-8-16(17)28-20(22)23)9-14(21)15-11-19(26)25-12(2)5-4-6-18(25)24-15/h4-11,20H,3H2,1-2H3/b14-9-. The second kappa shape index (κ2) is 8.39. The molecule has 1 aromatic carbocycles. The van der Waals surface area contributed by atoms with Gasteiger partial charge in [-0.2, -0.15) is 8.78 Å². The maximum Gasteiger partial charge on any atom is 0.387 e. The lowest BCUT2D eigenvalue weighted by Crippen LogP contribution is -2.17. The van der Waals surface area contributed by atoms with Gasteiger partial charge in [0.15, 0.2) is 11.5 Å². The average molecular weight is 407 g/mol. The monoisotopic (exact) mass is 406 g/mol. The smallest absolute Gasteiger partial charge is 0.387 e. The van der Waals surface area contributed by atoms with Crippen molar-refractivity contribution in [1.82, 2.24) is 9.38 Å². The van der Waals surface area contributed by atoms with Gasteiger partial charge < -0.3 is 9.47 Å². The van der Waals surface area contributed by atoms with E-state index in [9.17, 15) is 13.6 Å². The fraction of sp³-hybridized carbons (Fsp3) is 0.200. The van der Waals surface area contributed by atoms with E-state index < -0.39 is 6.61 Å². The summed E-state index contributed by atoms with van der Waals surface area (Å²) in [5, 5.41) is 0.228. The molecule has 5 nitrogen and oxygen atoms in total. The minimum Gasteiger partial charge on any atom is -0.490 e. The van der Waals surface area contributed by atoms with Gasteiger partial charge in [-0.3, -0.25) is 9.20 Å². The lowest BCUT2D eigenvalue weighted by molar-refractivity contribution is -0.0514. The highest BCUT2D eigenvalue weighted by Crippen LogP contribution is 2.31. The van der Waals surface area contributed by atoms with Crippen LogP contribution >= 0.6 is 11.6 Å². The van der Waals surface area contributed by atoms with Crippen molar-refractivity contribution in [3.8, 4) is 11.5 Å². The number of ether oxygens (including phenoxy) is 2. The molecule has 28 heavy (non-hydrogen) atoms. The van der Waals surface area contributed by atoms with Crippen molar-refractivity contribution >= 4 is 28.4 Å². The third kappa shape index (κ3) is 4.31. The number of alkyl halides is 2. The van der Waals surface area contributed by atoms with Crippen LogP contribution in [0.3, 0.4) is 0 Å². The second-order valence-corrected chi connectivity index (χ2v) is 6.26. The fourth-order valence-electron chi connectivity index (χ4n) is 2.73. The minimum absolute atomic E-state index is 0.0670. The van der Waals surface area contributed by atoms with Gasteiger partial charge in [-0.25, -0.2) is 4.98 Å². The van der Waals surface area contributed by atoms with E-state index in [1.807, 2.05) is 13.0 Å². The van der Waals surface area contributed by atoms with Gasteiger partial charge in [0.2, 0.25) is 0 Å². The van der Waals surface area contributed by atoms with Crippen LogP contribution in [0, 0.1) is 6.92 Å². The Morgan fingerprint density at radius 2 is 2.04 bits per heavy atom. The molecule has 0 spiro atoms. The Bertz CT molecular complexity index is 1100. The number of hydrogen-bond acceptors (Lipinski definition) is 4. The summed E-state index contributed by atoms with van der Waals surface area (Å²) in [6.07, 6.45) is 1.57. The number of pyridine rings is 1. The highest BCUT2D eigenvalue weighted by molar-refractivity contribution is 6.51. The first kappa shape index (κ1) is 19.8. The molecule has 0 unspecified atom stereocenters. The normalized spacial score (nSPS) is 11.9. The van der Waals surface area contributed by atoms with E-state index in [4.69, 9.17) is 16.3 Å². The molecular formula is C20H17ClF2N2O3.